The largest absolute Gasteiger partial charge is 0.486 e. The van der Waals surface area contributed by atoms with E-state index in [-0.39, 0.29) is 30.3 Å². The standard InChI is InChI=1S/C12H20BNO3/c1-11(2)12(3,4)17-13(16-11)8-7-9-5-6-10(15)14-9/h7-9H,5-6H2,1-4H3,(H,14,15)/b8-7+. The second-order valence-electron chi connectivity index (χ2n) is 5.72. The van der Waals surface area contributed by atoms with Crippen LogP contribution in [0, 0.1) is 0 Å². The van der Waals surface area contributed by atoms with Gasteiger partial charge in [0.05, 0.1) is 11.2 Å². The molecule has 0 aliphatic carbocycles. The molecular formula is C12H20BNO3. The second-order valence-corrected chi connectivity index (χ2v) is 5.72. The van der Waals surface area contributed by atoms with Gasteiger partial charge in [-0.05, 0) is 34.1 Å². The van der Waals surface area contributed by atoms with Gasteiger partial charge in [-0.3, -0.25) is 4.79 Å². The van der Waals surface area contributed by atoms with Gasteiger partial charge in [0, 0.05) is 12.5 Å². The van der Waals surface area contributed by atoms with Crippen molar-refractivity contribution in [1.82, 2.24) is 5.32 Å². The van der Waals surface area contributed by atoms with Gasteiger partial charge in [-0.15, -0.1) is 0 Å². The third-order valence-corrected chi connectivity index (χ3v) is 3.80. The zero-order valence-electron chi connectivity index (χ0n) is 10.9. The highest BCUT2D eigenvalue weighted by Gasteiger charge is 2.50. The van der Waals surface area contributed by atoms with Crippen LogP contribution >= 0.6 is 0 Å². The van der Waals surface area contributed by atoms with Crippen molar-refractivity contribution in [3.63, 3.8) is 0 Å². The van der Waals surface area contributed by atoms with Crippen molar-refractivity contribution in [2.45, 2.75) is 57.8 Å². The van der Waals surface area contributed by atoms with Crippen molar-refractivity contribution >= 4 is 13.0 Å². The van der Waals surface area contributed by atoms with Crippen LogP contribution < -0.4 is 5.32 Å². The van der Waals surface area contributed by atoms with Crippen LogP contribution in [0.4, 0.5) is 0 Å². The van der Waals surface area contributed by atoms with Crippen LogP contribution in [0.1, 0.15) is 40.5 Å². The van der Waals surface area contributed by atoms with Crippen LogP contribution in [0.3, 0.4) is 0 Å². The van der Waals surface area contributed by atoms with E-state index in [0.29, 0.717) is 6.42 Å². The maximum atomic E-state index is 11.0. The fourth-order valence-corrected chi connectivity index (χ4v) is 1.97. The number of carbonyl (C=O) groups excluding carboxylic acids is 1. The smallest absolute Gasteiger partial charge is 0.400 e. The normalized spacial score (nSPS) is 31.2. The maximum Gasteiger partial charge on any atom is 0.486 e. The molecule has 94 valence electrons. The van der Waals surface area contributed by atoms with Crippen LogP contribution in [0.5, 0.6) is 0 Å². The van der Waals surface area contributed by atoms with E-state index in [1.807, 2.05) is 39.7 Å². The summed E-state index contributed by atoms with van der Waals surface area (Å²) in [5, 5.41) is 2.88. The van der Waals surface area contributed by atoms with Gasteiger partial charge in [0.15, 0.2) is 0 Å². The summed E-state index contributed by atoms with van der Waals surface area (Å²) in [5.41, 5.74) is -0.609. The van der Waals surface area contributed by atoms with Crippen LogP contribution in [-0.2, 0) is 14.1 Å². The Morgan fingerprint density at radius 1 is 1.29 bits per heavy atom. The first kappa shape index (κ1) is 12.6. The highest BCUT2D eigenvalue weighted by atomic mass is 16.7. The highest BCUT2D eigenvalue weighted by Crippen LogP contribution is 2.36. The fourth-order valence-electron chi connectivity index (χ4n) is 1.97. The lowest BCUT2D eigenvalue weighted by atomic mass is 9.89. The minimum absolute atomic E-state index is 0.119. The topological polar surface area (TPSA) is 47.6 Å². The van der Waals surface area contributed by atoms with Gasteiger partial charge < -0.3 is 14.6 Å². The Morgan fingerprint density at radius 3 is 2.35 bits per heavy atom. The van der Waals surface area contributed by atoms with Gasteiger partial charge >= 0.3 is 7.12 Å². The summed E-state index contributed by atoms with van der Waals surface area (Å²) < 4.78 is 11.7. The molecule has 0 spiro atoms. The molecule has 2 heterocycles. The van der Waals surface area contributed by atoms with Crippen molar-refractivity contribution in [1.29, 1.82) is 0 Å². The summed E-state index contributed by atoms with van der Waals surface area (Å²) in [5.74, 6) is 2.01. The number of hydrogen-bond donors (Lipinski definition) is 1. The average molecular weight is 237 g/mol. The van der Waals surface area contributed by atoms with Crippen LogP contribution in [0.2, 0.25) is 0 Å². The maximum absolute atomic E-state index is 11.0. The van der Waals surface area contributed by atoms with Gasteiger partial charge in [0.1, 0.15) is 0 Å². The van der Waals surface area contributed by atoms with E-state index in [1.54, 1.807) is 0 Å². The summed E-state index contributed by atoms with van der Waals surface area (Å²) in [6.07, 6.45) is 3.43. The van der Waals surface area contributed by atoms with Gasteiger partial charge in [0.2, 0.25) is 5.91 Å². The van der Waals surface area contributed by atoms with Crippen molar-refractivity contribution in [3.8, 4) is 0 Å². The quantitative estimate of drug-likeness (QED) is 0.739. The number of hydrogen-bond acceptors (Lipinski definition) is 3. The van der Waals surface area contributed by atoms with E-state index in [9.17, 15) is 4.79 Å². The van der Waals surface area contributed by atoms with Crippen LogP contribution in [0.15, 0.2) is 12.1 Å². The molecule has 0 radical (unpaired) electrons. The number of amides is 1. The molecule has 5 heteroatoms. The Hall–Kier alpha value is -0.805. The van der Waals surface area contributed by atoms with Crippen molar-refractivity contribution in [3.05, 3.63) is 12.1 Å². The second kappa shape index (κ2) is 4.14. The van der Waals surface area contributed by atoms with Gasteiger partial charge in [-0.2, -0.15) is 0 Å². The van der Waals surface area contributed by atoms with Crippen LogP contribution in [0.25, 0.3) is 0 Å². The molecule has 2 saturated heterocycles. The molecule has 4 nitrogen and oxygen atoms in total. The third-order valence-electron chi connectivity index (χ3n) is 3.80. The summed E-state index contributed by atoms with van der Waals surface area (Å²) in [6, 6.07) is 0.126. The minimum atomic E-state index is -0.322. The molecule has 1 amide bonds. The first-order valence-electron chi connectivity index (χ1n) is 6.13. The Labute approximate surface area is 103 Å². The summed E-state index contributed by atoms with van der Waals surface area (Å²) in [4.78, 5) is 11.0. The lowest BCUT2D eigenvalue weighted by Gasteiger charge is -2.32. The molecule has 1 unspecified atom stereocenters. The van der Waals surface area contributed by atoms with E-state index in [0.717, 1.165) is 6.42 Å². The predicted molar refractivity (Wildman–Crippen MR) is 66.4 cm³/mol. The lowest BCUT2D eigenvalue weighted by Crippen LogP contribution is -2.41. The Balaban J connectivity index is 1.93. The molecule has 0 aromatic carbocycles. The van der Waals surface area contributed by atoms with E-state index >= 15 is 0 Å². The molecule has 2 rings (SSSR count). The van der Waals surface area contributed by atoms with Gasteiger partial charge in [0.25, 0.3) is 0 Å². The van der Waals surface area contributed by atoms with Crippen LogP contribution in [-0.4, -0.2) is 30.3 Å². The summed E-state index contributed by atoms with van der Waals surface area (Å²) >= 11 is 0. The number of nitrogens with one attached hydrogen (secondary N) is 1. The van der Waals surface area contributed by atoms with E-state index in [2.05, 4.69) is 5.32 Å². The van der Waals surface area contributed by atoms with Crippen molar-refractivity contribution < 1.29 is 14.1 Å². The molecule has 2 aliphatic rings. The predicted octanol–water partition coefficient (Wildman–Crippen LogP) is 1.45. The van der Waals surface area contributed by atoms with E-state index in [4.69, 9.17) is 9.31 Å². The molecule has 2 aliphatic heterocycles. The molecule has 1 N–H and O–H groups in total. The first-order chi connectivity index (χ1) is 7.80. The summed E-state index contributed by atoms with van der Waals surface area (Å²) in [7, 11) is -0.322. The minimum Gasteiger partial charge on any atom is -0.400 e. The van der Waals surface area contributed by atoms with Crippen molar-refractivity contribution in [2.75, 3.05) is 0 Å². The zero-order chi connectivity index (χ0) is 12.7. The third kappa shape index (κ3) is 2.55. The van der Waals surface area contributed by atoms with Gasteiger partial charge in [-0.1, -0.05) is 12.1 Å². The SMILES string of the molecule is CC1(C)OB(/C=C/C2CCC(=O)N2)OC1(C)C. The Bertz CT molecular complexity index is 336. The van der Waals surface area contributed by atoms with Crippen molar-refractivity contribution in [2.24, 2.45) is 0 Å². The van der Waals surface area contributed by atoms with E-state index < -0.39 is 0 Å². The zero-order valence-corrected chi connectivity index (χ0v) is 10.9. The van der Waals surface area contributed by atoms with E-state index in [1.165, 1.54) is 0 Å². The molecular weight excluding hydrogens is 217 g/mol. The fraction of sp³-hybridized carbons (Fsp3) is 0.750. The van der Waals surface area contributed by atoms with Gasteiger partial charge in [-0.25, -0.2) is 0 Å². The molecule has 0 bridgehead atoms. The average Bonchev–Trinajstić information content (AvgIpc) is 2.67. The number of rotatable bonds is 2. The molecule has 2 fully saturated rings. The monoisotopic (exact) mass is 237 g/mol. The Morgan fingerprint density at radius 2 is 1.88 bits per heavy atom. The molecule has 0 aromatic heterocycles. The summed E-state index contributed by atoms with van der Waals surface area (Å²) in [6.45, 7) is 8.10. The number of carbonyl (C=O) groups is 1. The lowest BCUT2D eigenvalue weighted by molar-refractivity contribution is -0.119. The first-order valence-corrected chi connectivity index (χ1v) is 6.13. The molecule has 17 heavy (non-hydrogen) atoms. The molecule has 1 atom stereocenters. The molecule has 0 saturated carbocycles. The highest BCUT2D eigenvalue weighted by molar-refractivity contribution is 6.51. The Kier molecular flexibility index (Phi) is 3.08. The molecule has 0 aromatic rings.